The second kappa shape index (κ2) is 10.4. The van der Waals surface area contributed by atoms with E-state index >= 15 is 0 Å². The Morgan fingerprint density at radius 2 is 1.74 bits per heavy atom. The number of anilines is 2. The third-order valence-electron chi connectivity index (χ3n) is 3.66. The molecule has 27 heavy (non-hydrogen) atoms. The number of para-hydroxylation sites is 1. The van der Waals surface area contributed by atoms with Crippen molar-refractivity contribution >= 4 is 40.9 Å². The van der Waals surface area contributed by atoms with Gasteiger partial charge in [0.2, 0.25) is 0 Å². The van der Waals surface area contributed by atoms with E-state index in [0.29, 0.717) is 12.3 Å². The number of hydrogen-bond acceptors (Lipinski definition) is 5. The minimum Gasteiger partial charge on any atom is -0.462 e. The smallest absolute Gasteiger partial charge is 0.340 e. The third kappa shape index (κ3) is 6.14. The minimum absolute atomic E-state index is 0.208. The lowest BCUT2D eigenvalue weighted by atomic mass is 10.1. The highest BCUT2D eigenvalue weighted by Gasteiger charge is 2.18. The second-order valence-corrected chi connectivity index (χ2v) is 6.55. The first-order chi connectivity index (χ1) is 13.0. The van der Waals surface area contributed by atoms with Crippen LogP contribution in [0.3, 0.4) is 0 Å². The Morgan fingerprint density at radius 3 is 2.48 bits per heavy atom. The van der Waals surface area contributed by atoms with Crippen LogP contribution in [0.1, 0.15) is 30.1 Å². The van der Waals surface area contributed by atoms with E-state index in [4.69, 9.17) is 4.74 Å². The normalized spacial score (nSPS) is 10.1. The molecule has 0 aliphatic rings. The van der Waals surface area contributed by atoms with E-state index in [1.165, 1.54) is 11.8 Å². The Kier molecular flexibility index (Phi) is 7.88. The number of unbranched alkanes of at least 4 members (excludes halogenated alkanes) is 1. The molecule has 0 aliphatic heterocycles. The molecule has 7 heteroatoms. The molecule has 0 spiro atoms. The van der Waals surface area contributed by atoms with Gasteiger partial charge in [-0.25, -0.2) is 4.79 Å². The SMILES string of the molecule is CCCCOC(=O)c1ccccc1NC(=O)C(=O)Nc1cccc(SC)c1. The molecule has 2 amide bonds. The molecule has 0 aromatic heterocycles. The van der Waals surface area contributed by atoms with E-state index < -0.39 is 17.8 Å². The molecule has 0 unspecified atom stereocenters. The van der Waals surface area contributed by atoms with Crippen molar-refractivity contribution in [2.24, 2.45) is 0 Å². The molecule has 0 fully saturated rings. The first kappa shape index (κ1) is 20.5. The number of rotatable bonds is 7. The molecule has 2 rings (SSSR count). The molecule has 0 saturated heterocycles. The Balaban J connectivity index is 2.04. The van der Waals surface area contributed by atoms with Crippen molar-refractivity contribution < 1.29 is 19.1 Å². The van der Waals surface area contributed by atoms with Gasteiger partial charge in [0, 0.05) is 10.6 Å². The first-order valence-electron chi connectivity index (χ1n) is 8.57. The zero-order chi connectivity index (χ0) is 19.6. The molecule has 2 N–H and O–H groups in total. The summed E-state index contributed by atoms with van der Waals surface area (Å²) in [6.45, 7) is 2.30. The molecule has 0 aliphatic carbocycles. The fourth-order valence-electron chi connectivity index (χ4n) is 2.22. The Labute approximate surface area is 162 Å². The number of nitrogens with one attached hydrogen (secondary N) is 2. The lowest BCUT2D eigenvalue weighted by molar-refractivity contribution is -0.133. The highest BCUT2D eigenvalue weighted by molar-refractivity contribution is 7.98. The van der Waals surface area contributed by atoms with Crippen LogP contribution in [-0.4, -0.2) is 30.6 Å². The fourth-order valence-corrected chi connectivity index (χ4v) is 2.68. The van der Waals surface area contributed by atoms with E-state index in [2.05, 4.69) is 10.6 Å². The molecule has 0 bridgehead atoms. The van der Waals surface area contributed by atoms with Crippen LogP contribution < -0.4 is 10.6 Å². The molecule has 0 saturated carbocycles. The van der Waals surface area contributed by atoms with Crippen LogP contribution in [0.5, 0.6) is 0 Å². The molecule has 0 radical (unpaired) electrons. The summed E-state index contributed by atoms with van der Waals surface area (Å²) in [5, 5.41) is 5.02. The number of hydrogen-bond donors (Lipinski definition) is 2. The Morgan fingerprint density at radius 1 is 1.00 bits per heavy atom. The van der Waals surface area contributed by atoms with Crippen LogP contribution >= 0.6 is 11.8 Å². The minimum atomic E-state index is -0.863. The topological polar surface area (TPSA) is 84.5 Å². The lowest BCUT2D eigenvalue weighted by Gasteiger charge is -2.11. The predicted molar refractivity (Wildman–Crippen MR) is 107 cm³/mol. The van der Waals surface area contributed by atoms with E-state index in [9.17, 15) is 14.4 Å². The van der Waals surface area contributed by atoms with Crippen LogP contribution in [0.2, 0.25) is 0 Å². The average Bonchev–Trinajstić information content (AvgIpc) is 2.68. The lowest BCUT2D eigenvalue weighted by Crippen LogP contribution is -2.29. The van der Waals surface area contributed by atoms with Crippen LogP contribution in [0, 0.1) is 0 Å². The Bertz CT molecular complexity index is 823. The number of ether oxygens (including phenoxy) is 1. The summed E-state index contributed by atoms with van der Waals surface area (Å²) in [6.07, 6.45) is 3.59. The highest BCUT2D eigenvalue weighted by Crippen LogP contribution is 2.19. The number of amides is 2. The van der Waals surface area contributed by atoms with Crippen molar-refractivity contribution in [2.75, 3.05) is 23.5 Å². The van der Waals surface area contributed by atoms with Gasteiger partial charge in [0.05, 0.1) is 17.9 Å². The predicted octanol–water partition coefficient (Wildman–Crippen LogP) is 3.94. The van der Waals surface area contributed by atoms with Gasteiger partial charge in [0.15, 0.2) is 0 Å². The summed E-state index contributed by atoms with van der Waals surface area (Å²) in [4.78, 5) is 37.5. The molecule has 0 heterocycles. The zero-order valence-electron chi connectivity index (χ0n) is 15.3. The average molecular weight is 386 g/mol. The maximum Gasteiger partial charge on any atom is 0.340 e. The Hall–Kier alpha value is -2.80. The van der Waals surface area contributed by atoms with Crippen LogP contribution in [-0.2, 0) is 14.3 Å². The van der Waals surface area contributed by atoms with Crippen molar-refractivity contribution in [3.05, 3.63) is 54.1 Å². The van der Waals surface area contributed by atoms with Gasteiger partial charge in [-0.3, -0.25) is 9.59 Å². The summed E-state index contributed by atoms with van der Waals surface area (Å²) in [5.41, 5.74) is 0.963. The van der Waals surface area contributed by atoms with Gasteiger partial charge in [-0.2, -0.15) is 0 Å². The first-order valence-corrected chi connectivity index (χ1v) is 9.80. The number of benzene rings is 2. The van der Waals surface area contributed by atoms with Crippen molar-refractivity contribution in [1.82, 2.24) is 0 Å². The van der Waals surface area contributed by atoms with Crippen molar-refractivity contribution in [3.63, 3.8) is 0 Å². The van der Waals surface area contributed by atoms with Gasteiger partial charge >= 0.3 is 17.8 Å². The fraction of sp³-hybridized carbons (Fsp3) is 0.250. The maximum atomic E-state index is 12.2. The molecule has 142 valence electrons. The molecule has 2 aromatic carbocycles. The summed E-state index contributed by atoms with van der Waals surface area (Å²) >= 11 is 1.53. The zero-order valence-corrected chi connectivity index (χ0v) is 16.1. The van der Waals surface area contributed by atoms with Crippen LogP contribution in [0.25, 0.3) is 0 Å². The van der Waals surface area contributed by atoms with E-state index in [-0.39, 0.29) is 11.3 Å². The number of carbonyl (C=O) groups is 3. The quantitative estimate of drug-likeness (QED) is 0.326. The molecular formula is C20H22N2O4S. The largest absolute Gasteiger partial charge is 0.462 e. The van der Waals surface area contributed by atoms with Gasteiger partial charge in [0.25, 0.3) is 0 Å². The third-order valence-corrected chi connectivity index (χ3v) is 4.39. The number of carbonyl (C=O) groups excluding carboxylic acids is 3. The molecular weight excluding hydrogens is 364 g/mol. The van der Waals surface area contributed by atoms with Gasteiger partial charge in [0.1, 0.15) is 0 Å². The van der Waals surface area contributed by atoms with Crippen LogP contribution in [0.15, 0.2) is 53.4 Å². The molecule has 6 nitrogen and oxygen atoms in total. The van der Waals surface area contributed by atoms with Crippen molar-refractivity contribution in [2.45, 2.75) is 24.7 Å². The van der Waals surface area contributed by atoms with E-state index in [1.807, 2.05) is 19.2 Å². The van der Waals surface area contributed by atoms with Crippen LogP contribution in [0.4, 0.5) is 11.4 Å². The van der Waals surface area contributed by atoms with Gasteiger partial charge in [-0.1, -0.05) is 31.5 Å². The summed E-state index contributed by atoms with van der Waals surface area (Å²) < 4.78 is 5.18. The summed E-state index contributed by atoms with van der Waals surface area (Å²) in [5.74, 6) is -2.21. The van der Waals surface area contributed by atoms with Gasteiger partial charge in [-0.05, 0) is 43.0 Å². The molecule has 0 atom stereocenters. The second-order valence-electron chi connectivity index (χ2n) is 5.68. The van der Waals surface area contributed by atoms with E-state index in [1.54, 1.807) is 42.5 Å². The van der Waals surface area contributed by atoms with Gasteiger partial charge < -0.3 is 15.4 Å². The van der Waals surface area contributed by atoms with Crippen molar-refractivity contribution in [1.29, 1.82) is 0 Å². The summed E-state index contributed by atoms with van der Waals surface area (Å²) in [7, 11) is 0. The summed E-state index contributed by atoms with van der Waals surface area (Å²) in [6, 6.07) is 13.6. The van der Waals surface area contributed by atoms with Gasteiger partial charge in [-0.15, -0.1) is 11.8 Å². The van der Waals surface area contributed by atoms with Crippen molar-refractivity contribution in [3.8, 4) is 0 Å². The monoisotopic (exact) mass is 386 g/mol. The van der Waals surface area contributed by atoms with E-state index in [0.717, 1.165) is 17.7 Å². The maximum absolute atomic E-state index is 12.2. The number of esters is 1. The number of thioether (sulfide) groups is 1. The molecule has 2 aromatic rings. The highest BCUT2D eigenvalue weighted by atomic mass is 32.2. The standard InChI is InChI=1S/C20H22N2O4S/c1-3-4-12-26-20(25)16-10-5-6-11-17(16)22-19(24)18(23)21-14-8-7-9-15(13-14)27-2/h5-11,13H,3-4,12H2,1-2H3,(H,21,23)(H,22,24).